The van der Waals surface area contributed by atoms with Crippen LogP contribution in [-0.4, -0.2) is 95.4 Å². The highest BCUT2D eigenvalue weighted by Crippen LogP contribution is 2.52. The molecule has 0 aliphatic carbocycles. The van der Waals surface area contributed by atoms with E-state index in [0.29, 0.717) is 30.4 Å². The van der Waals surface area contributed by atoms with Crippen molar-refractivity contribution >= 4 is 52.6 Å². The second-order valence-corrected chi connectivity index (χ2v) is 18.4. The van der Waals surface area contributed by atoms with Crippen molar-refractivity contribution in [1.82, 2.24) is 35.7 Å². The van der Waals surface area contributed by atoms with Gasteiger partial charge >= 0.3 is 12.2 Å². The number of imidazole rings is 1. The summed E-state index contributed by atoms with van der Waals surface area (Å²) in [7, 11) is 2.59. The number of piperidine rings is 1. The first-order valence-corrected chi connectivity index (χ1v) is 22.4. The minimum absolute atomic E-state index is 0.115. The predicted octanol–water partition coefficient (Wildman–Crippen LogP) is 7.71. The summed E-state index contributed by atoms with van der Waals surface area (Å²) in [5.74, 6) is 0.780. The number of anilines is 1. The largest absolute Gasteiger partial charge is 0.453 e. The van der Waals surface area contributed by atoms with Gasteiger partial charge in [0.1, 0.15) is 17.9 Å². The predicted molar refractivity (Wildman–Crippen MR) is 243 cm³/mol. The number of methoxy groups -OCH3 is 2. The van der Waals surface area contributed by atoms with Gasteiger partial charge in [-0.15, -0.1) is 0 Å². The zero-order chi connectivity index (χ0) is 44.7. The van der Waals surface area contributed by atoms with Crippen LogP contribution < -0.4 is 21.7 Å². The van der Waals surface area contributed by atoms with Crippen LogP contribution in [0, 0.1) is 17.8 Å². The highest BCUT2D eigenvalue weighted by molar-refractivity contribution is 5.91. The molecule has 0 saturated carbocycles. The van der Waals surface area contributed by atoms with E-state index in [1.165, 1.54) is 30.9 Å². The Kier molecular flexibility index (Phi) is 12.5. The molecule has 3 aromatic carbocycles. The Bertz CT molecular complexity index is 2430. The molecule has 4 aliphatic rings. The number of hydrogen-bond acceptors (Lipinski definition) is 10. The van der Waals surface area contributed by atoms with Crippen LogP contribution >= 0.6 is 0 Å². The number of alkyl carbamates (subject to hydrolysis) is 2. The van der Waals surface area contributed by atoms with E-state index in [1.807, 2.05) is 50.9 Å². The lowest BCUT2D eigenvalue weighted by Crippen LogP contribution is -2.52. The highest BCUT2D eigenvalue weighted by atomic mass is 16.5. The highest BCUT2D eigenvalue weighted by Gasteiger charge is 2.41. The number of carbonyl (C=O) groups is 4. The SMILES string of the molecule is COC(=O)NC(C(=O)N1CCCC1C=Nc1ccc(-c2ccc(-c3ccc4nc(C5CCCN5C(=O)C(NC(=O)OC)C(C)C)[nH]c4c3)c3c2C2CC(C)CC3N2)cc1N)C(C)C. The summed E-state index contributed by atoms with van der Waals surface area (Å²) < 4.78 is 9.59. The first-order valence-electron chi connectivity index (χ1n) is 22.4. The summed E-state index contributed by atoms with van der Waals surface area (Å²) in [5, 5.41) is 9.37. The number of hydrogen-bond donors (Lipinski definition) is 5. The summed E-state index contributed by atoms with van der Waals surface area (Å²) in [4.78, 5) is 68.5. The standard InChI is InChI=1S/C48H61N9O6/c1-25(2)42(54-47(60)62-6)45(58)56-18-8-10-30(56)24-50-34-16-12-28(22-33(34)49)31-14-15-32(41-38-21-27(5)20-37(51-38)40(31)41)29-13-17-35-36(23-29)53-44(52-35)39-11-9-19-57(39)46(59)43(26(3)4)55-48(61)63-7/h12-17,22-27,30,37-39,42-43,51H,8-11,18-21,49H2,1-7H3,(H,52,53)(H,54,60)(H,55,61). The Labute approximate surface area is 368 Å². The number of ether oxygens (including phenoxy) is 2. The lowest BCUT2D eigenvalue weighted by molar-refractivity contribution is -0.135. The fraction of sp³-hybridized carbons (Fsp3) is 0.500. The minimum Gasteiger partial charge on any atom is -0.453 e. The van der Waals surface area contributed by atoms with E-state index in [4.69, 9.17) is 25.2 Å². The summed E-state index contributed by atoms with van der Waals surface area (Å²) >= 11 is 0. The van der Waals surface area contributed by atoms with E-state index >= 15 is 0 Å². The maximum absolute atomic E-state index is 13.8. The van der Waals surface area contributed by atoms with Gasteiger partial charge < -0.3 is 45.9 Å². The van der Waals surface area contributed by atoms with Gasteiger partial charge in [-0.05, 0) is 114 Å². The lowest BCUT2D eigenvalue weighted by atomic mass is 9.86. The van der Waals surface area contributed by atoms with Crippen LogP contribution in [0.25, 0.3) is 33.3 Å². The smallest absolute Gasteiger partial charge is 0.407 e. The van der Waals surface area contributed by atoms with E-state index in [-0.39, 0.29) is 47.8 Å². The van der Waals surface area contributed by atoms with Crippen molar-refractivity contribution in [1.29, 1.82) is 0 Å². The molecular weight excluding hydrogens is 799 g/mol. The van der Waals surface area contributed by atoms with Crippen molar-refractivity contribution in [2.24, 2.45) is 22.7 Å². The molecule has 4 amide bonds. The van der Waals surface area contributed by atoms with Gasteiger partial charge in [0.15, 0.2) is 0 Å². The van der Waals surface area contributed by atoms with Crippen LogP contribution in [0.15, 0.2) is 53.5 Å². The van der Waals surface area contributed by atoms with E-state index in [9.17, 15) is 19.2 Å². The Balaban J connectivity index is 1.06. The number of likely N-dealkylation sites (tertiary alicyclic amines) is 2. The number of nitrogens with one attached hydrogen (secondary N) is 4. The number of aromatic amines is 1. The zero-order valence-electron chi connectivity index (χ0n) is 37.4. The molecule has 63 heavy (non-hydrogen) atoms. The number of amides is 4. The molecule has 5 heterocycles. The number of nitrogens with zero attached hydrogens (tertiary/aromatic N) is 4. The molecule has 4 aromatic rings. The van der Waals surface area contributed by atoms with Crippen molar-refractivity contribution in [3.05, 3.63) is 65.5 Å². The Hall–Kier alpha value is -5.96. The third kappa shape index (κ3) is 8.59. The van der Waals surface area contributed by atoms with Crippen molar-refractivity contribution in [3.63, 3.8) is 0 Å². The van der Waals surface area contributed by atoms with Gasteiger partial charge in [-0.2, -0.15) is 0 Å². The molecule has 15 heteroatoms. The van der Waals surface area contributed by atoms with E-state index < -0.39 is 24.3 Å². The molecule has 4 aliphatic heterocycles. The quantitative estimate of drug-likeness (QED) is 0.0741. The second-order valence-electron chi connectivity index (χ2n) is 18.4. The molecule has 8 rings (SSSR count). The summed E-state index contributed by atoms with van der Waals surface area (Å²) in [5.41, 5.74) is 16.7. The molecule has 0 spiro atoms. The van der Waals surface area contributed by atoms with Crippen LogP contribution in [0.5, 0.6) is 0 Å². The van der Waals surface area contributed by atoms with Gasteiger partial charge in [0.2, 0.25) is 11.8 Å². The van der Waals surface area contributed by atoms with E-state index in [1.54, 1.807) is 4.90 Å². The Morgan fingerprint density at radius 3 is 1.98 bits per heavy atom. The normalized spacial score (nSPS) is 22.8. The average molecular weight is 860 g/mol. The fourth-order valence-corrected chi connectivity index (χ4v) is 10.2. The Morgan fingerprint density at radius 1 is 0.810 bits per heavy atom. The van der Waals surface area contributed by atoms with Crippen LogP contribution in [0.1, 0.15) is 108 Å². The fourth-order valence-electron chi connectivity index (χ4n) is 10.2. The van der Waals surface area contributed by atoms with Crippen LogP contribution in [0.3, 0.4) is 0 Å². The van der Waals surface area contributed by atoms with Crippen molar-refractivity contribution in [3.8, 4) is 22.3 Å². The summed E-state index contributed by atoms with van der Waals surface area (Å²) in [6, 6.07) is 15.4. The molecule has 7 unspecified atom stereocenters. The van der Waals surface area contributed by atoms with Crippen LogP contribution in [0.2, 0.25) is 0 Å². The van der Waals surface area contributed by atoms with E-state index in [0.717, 1.165) is 72.1 Å². The molecule has 2 bridgehead atoms. The molecule has 7 atom stereocenters. The number of nitrogen functional groups attached to an aromatic ring is 1. The number of rotatable bonds is 11. The van der Waals surface area contributed by atoms with Gasteiger partial charge in [0.05, 0.1) is 48.7 Å². The molecule has 3 fully saturated rings. The summed E-state index contributed by atoms with van der Waals surface area (Å²) in [6.07, 6.45) is 5.86. The van der Waals surface area contributed by atoms with Crippen molar-refractivity contribution in [2.45, 2.75) is 109 Å². The topological polar surface area (TPSA) is 196 Å². The van der Waals surface area contributed by atoms with Gasteiger partial charge in [-0.3, -0.25) is 14.6 Å². The maximum atomic E-state index is 13.8. The average Bonchev–Trinajstić information content (AvgIpc) is 4.08. The van der Waals surface area contributed by atoms with Crippen LogP contribution in [-0.2, 0) is 19.1 Å². The molecule has 1 aromatic heterocycles. The van der Waals surface area contributed by atoms with Crippen LogP contribution in [0.4, 0.5) is 21.0 Å². The van der Waals surface area contributed by atoms with Gasteiger partial charge in [0.25, 0.3) is 0 Å². The first-order chi connectivity index (χ1) is 30.3. The van der Waals surface area contributed by atoms with Gasteiger partial charge in [0, 0.05) is 31.4 Å². The number of aliphatic imine (C=N–C) groups is 1. The van der Waals surface area contributed by atoms with Gasteiger partial charge in [-0.25, -0.2) is 14.6 Å². The first kappa shape index (κ1) is 43.7. The van der Waals surface area contributed by atoms with Crippen molar-refractivity contribution in [2.75, 3.05) is 33.0 Å². The lowest BCUT2D eigenvalue weighted by Gasteiger charge is -2.29. The zero-order valence-corrected chi connectivity index (χ0v) is 37.4. The van der Waals surface area contributed by atoms with E-state index in [2.05, 4.69) is 64.3 Å². The monoisotopic (exact) mass is 859 g/mol. The summed E-state index contributed by atoms with van der Waals surface area (Å²) in [6.45, 7) is 11.1. The maximum Gasteiger partial charge on any atom is 0.407 e. The molecule has 15 nitrogen and oxygen atoms in total. The van der Waals surface area contributed by atoms with Crippen molar-refractivity contribution < 1.29 is 28.7 Å². The molecule has 334 valence electrons. The number of aromatic nitrogens is 2. The van der Waals surface area contributed by atoms with Gasteiger partial charge in [-0.1, -0.05) is 58.9 Å². The Morgan fingerprint density at radius 2 is 1.38 bits per heavy atom. The molecular formula is C48H61N9O6. The number of fused-ring (bicyclic) bond motifs is 6. The number of carbonyl (C=O) groups excluding carboxylic acids is 4. The molecule has 6 N–H and O–H groups in total. The third-order valence-electron chi connectivity index (χ3n) is 13.4. The number of H-pyrrole nitrogens is 1. The molecule has 0 radical (unpaired) electrons. The molecule has 3 saturated heterocycles. The number of benzene rings is 3. The number of nitrogens with two attached hydrogens (primary N) is 1. The minimum atomic E-state index is -0.702. The second kappa shape index (κ2) is 18.0. The third-order valence-corrected chi connectivity index (χ3v) is 13.4.